The zero-order valence-electron chi connectivity index (χ0n) is 18.7. The molecule has 1 fully saturated rings. The maximum absolute atomic E-state index is 13.8. The number of fused-ring (bicyclic) bond motifs is 3. The summed E-state index contributed by atoms with van der Waals surface area (Å²) in [7, 11) is 1.52. The Morgan fingerprint density at radius 2 is 2.03 bits per heavy atom. The van der Waals surface area contributed by atoms with E-state index in [1.807, 2.05) is 13.8 Å². The molecule has 0 spiro atoms. The lowest BCUT2D eigenvalue weighted by Crippen LogP contribution is -2.57. The second kappa shape index (κ2) is 7.02. The number of rotatable bonds is 4. The van der Waals surface area contributed by atoms with Crippen molar-refractivity contribution in [2.45, 2.75) is 70.2 Å². The predicted molar refractivity (Wildman–Crippen MR) is 110 cm³/mol. The zero-order valence-corrected chi connectivity index (χ0v) is 18.7. The molecule has 172 valence electrons. The van der Waals surface area contributed by atoms with Gasteiger partial charge in [0, 0.05) is 30.1 Å². The van der Waals surface area contributed by atoms with Crippen LogP contribution in [-0.2, 0) is 24.4 Å². The van der Waals surface area contributed by atoms with Gasteiger partial charge >= 0.3 is 11.9 Å². The molecule has 0 bridgehead atoms. The third-order valence-electron chi connectivity index (χ3n) is 8.19. The fourth-order valence-corrected chi connectivity index (χ4v) is 6.51. The van der Waals surface area contributed by atoms with Crippen LogP contribution in [-0.4, -0.2) is 54.9 Å². The average Bonchev–Trinajstić information content (AvgIpc) is 3.33. The number of ether oxygens (including phenoxy) is 3. The Bertz CT molecular complexity index is 1050. The molecule has 0 radical (unpaired) electrons. The first-order chi connectivity index (χ1) is 15.2. The van der Waals surface area contributed by atoms with Gasteiger partial charge in [-0.15, -0.1) is 0 Å². The van der Waals surface area contributed by atoms with Gasteiger partial charge in [-0.1, -0.05) is 13.8 Å². The quantitative estimate of drug-likeness (QED) is 0.706. The maximum Gasteiger partial charge on any atom is 0.342 e. The number of esters is 2. The number of hydrogen-bond acceptors (Lipinski definition) is 8. The molecular formula is C24H28O8. The van der Waals surface area contributed by atoms with Gasteiger partial charge in [0.15, 0.2) is 5.76 Å². The van der Waals surface area contributed by atoms with E-state index in [-0.39, 0.29) is 42.0 Å². The van der Waals surface area contributed by atoms with Gasteiger partial charge in [0.1, 0.15) is 24.0 Å². The number of aliphatic hydroxyl groups is 1. The molecule has 5 rings (SSSR count). The van der Waals surface area contributed by atoms with Crippen LogP contribution >= 0.6 is 0 Å². The first-order valence-corrected chi connectivity index (χ1v) is 11.2. The number of methoxy groups -OCH3 is 1. The fourth-order valence-electron chi connectivity index (χ4n) is 6.51. The Morgan fingerprint density at radius 1 is 1.28 bits per heavy atom. The summed E-state index contributed by atoms with van der Waals surface area (Å²) in [6, 6.07) is 0. The molecule has 1 unspecified atom stereocenters. The van der Waals surface area contributed by atoms with Crippen LogP contribution in [0.5, 0.6) is 0 Å². The highest BCUT2D eigenvalue weighted by Gasteiger charge is 2.64. The van der Waals surface area contributed by atoms with Crippen LogP contribution in [0.1, 0.15) is 72.9 Å². The van der Waals surface area contributed by atoms with E-state index in [0.29, 0.717) is 36.0 Å². The standard InChI is InChI=1S/C24H28O8/c1-5-16(26)31-13-8-23(2)12(6-7-14(23)25)17-19(13)24(3)15(10-29-4)32-22(28)11-9-30-21(18(11)24)20(17)27/h9,12-15,25H,5-8,10H2,1-4H3/t12-,13+,14?,15+,23-,24-/m0/s1. The van der Waals surface area contributed by atoms with E-state index in [1.165, 1.54) is 13.4 Å². The van der Waals surface area contributed by atoms with Crippen LogP contribution in [0.4, 0.5) is 0 Å². The molecule has 32 heavy (non-hydrogen) atoms. The van der Waals surface area contributed by atoms with Gasteiger partial charge in [-0.3, -0.25) is 9.59 Å². The lowest BCUT2D eigenvalue weighted by molar-refractivity contribution is -0.151. The van der Waals surface area contributed by atoms with Crippen molar-refractivity contribution in [3.05, 3.63) is 34.3 Å². The highest BCUT2D eigenvalue weighted by Crippen LogP contribution is 2.62. The van der Waals surface area contributed by atoms with Crippen molar-refractivity contribution in [2.24, 2.45) is 11.3 Å². The van der Waals surface area contributed by atoms with E-state index in [1.54, 1.807) is 6.92 Å². The summed E-state index contributed by atoms with van der Waals surface area (Å²) in [5.74, 6) is -1.33. The SMILES string of the molecule is CCC(=O)O[C@@H]1C[C@]2(C)C(O)CC[C@H]2C2=C1[C@]1(C)c3c(coc3C2=O)C(=O)O[C@@H]1COC. The summed E-state index contributed by atoms with van der Waals surface area (Å²) in [5.41, 5.74) is 0.316. The van der Waals surface area contributed by atoms with Gasteiger partial charge in [0.05, 0.1) is 18.1 Å². The smallest absolute Gasteiger partial charge is 0.342 e. The van der Waals surface area contributed by atoms with Gasteiger partial charge in [-0.2, -0.15) is 0 Å². The normalized spacial score (nSPS) is 37.5. The van der Waals surface area contributed by atoms with Crippen molar-refractivity contribution in [1.29, 1.82) is 0 Å². The van der Waals surface area contributed by atoms with Crippen LogP contribution in [0.25, 0.3) is 0 Å². The summed E-state index contributed by atoms with van der Waals surface area (Å²) >= 11 is 0. The number of carbonyl (C=O) groups is 3. The number of aliphatic hydroxyl groups excluding tert-OH is 1. The molecule has 1 saturated carbocycles. The Balaban J connectivity index is 1.79. The van der Waals surface area contributed by atoms with Crippen molar-refractivity contribution in [3.63, 3.8) is 0 Å². The van der Waals surface area contributed by atoms with Crippen LogP contribution < -0.4 is 0 Å². The molecule has 1 aromatic rings. The van der Waals surface area contributed by atoms with Crippen LogP contribution in [0.15, 0.2) is 21.8 Å². The van der Waals surface area contributed by atoms with E-state index in [4.69, 9.17) is 18.6 Å². The molecule has 2 heterocycles. The van der Waals surface area contributed by atoms with Crippen LogP contribution in [0, 0.1) is 11.3 Å². The molecule has 4 aliphatic rings. The second-order valence-corrected chi connectivity index (χ2v) is 9.75. The lowest BCUT2D eigenvalue weighted by atomic mass is 9.54. The molecule has 0 aromatic carbocycles. The summed E-state index contributed by atoms with van der Waals surface area (Å²) < 4.78 is 22.7. The van der Waals surface area contributed by atoms with Crippen molar-refractivity contribution in [2.75, 3.05) is 13.7 Å². The largest absolute Gasteiger partial charge is 0.460 e. The number of carbonyl (C=O) groups excluding carboxylic acids is 3. The molecule has 1 aliphatic heterocycles. The molecule has 0 saturated heterocycles. The molecule has 8 nitrogen and oxygen atoms in total. The highest BCUT2D eigenvalue weighted by molar-refractivity contribution is 6.13. The molecule has 8 heteroatoms. The summed E-state index contributed by atoms with van der Waals surface area (Å²) in [6.07, 6.45) is 0.993. The molecule has 3 aliphatic carbocycles. The minimum atomic E-state index is -0.960. The highest BCUT2D eigenvalue weighted by atomic mass is 16.6. The summed E-state index contributed by atoms with van der Waals surface area (Å²) in [5, 5.41) is 10.9. The van der Waals surface area contributed by atoms with Gasteiger partial charge in [0.25, 0.3) is 0 Å². The van der Waals surface area contributed by atoms with Gasteiger partial charge in [-0.25, -0.2) is 4.79 Å². The minimum absolute atomic E-state index is 0.107. The number of furan rings is 1. The third-order valence-corrected chi connectivity index (χ3v) is 8.19. The Labute approximate surface area is 185 Å². The molecule has 6 atom stereocenters. The van der Waals surface area contributed by atoms with Crippen molar-refractivity contribution in [3.8, 4) is 0 Å². The fraction of sp³-hybridized carbons (Fsp3) is 0.625. The minimum Gasteiger partial charge on any atom is -0.460 e. The molecule has 0 amide bonds. The van der Waals surface area contributed by atoms with Crippen LogP contribution in [0.2, 0.25) is 0 Å². The lowest BCUT2D eigenvalue weighted by Gasteiger charge is -2.52. The molecular weight excluding hydrogens is 416 g/mol. The van der Waals surface area contributed by atoms with E-state index in [0.717, 1.165) is 0 Å². The molecule has 1 aromatic heterocycles. The Kier molecular flexibility index (Phi) is 4.70. The van der Waals surface area contributed by atoms with Gasteiger partial charge < -0.3 is 23.7 Å². The summed E-state index contributed by atoms with van der Waals surface area (Å²) in [4.78, 5) is 38.9. The first kappa shape index (κ1) is 21.4. The zero-order chi connectivity index (χ0) is 23.0. The second-order valence-electron chi connectivity index (χ2n) is 9.75. The topological polar surface area (TPSA) is 112 Å². The third kappa shape index (κ3) is 2.53. The van der Waals surface area contributed by atoms with E-state index in [9.17, 15) is 19.5 Å². The monoisotopic (exact) mass is 444 g/mol. The predicted octanol–water partition coefficient (Wildman–Crippen LogP) is 2.72. The van der Waals surface area contributed by atoms with E-state index >= 15 is 0 Å². The van der Waals surface area contributed by atoms with Crippen molar-refractivity contribution >= 4 is 17.7 Å². The first-order valence-electron chi connectivity index (χ1n) is 11.2. The number of Topliss-reactive ketones (excluding diaryl/α,β-unsaturated/α-hetero) is 1. The van der Waals surface area contributed by atoms with Crippen molar-refractivity contribution < 1.29 is 38.1 Å². The van der Waals surface area contributed by atoms with Crippen molar-refractivity contribution in [1.82, 2.24) is 0 Å². The number of ketones is 1. The molecule has 1 N–H and O–H groups in total. The maximum atomic E-state index is 13.8. The van der Waals surface area contributed by atoms with Crippen LogP contribution in [0.3, 0.4) is 0 Å². The Morgan fingerprint density at radius 3 is 2.72 bits per heavy atom. The van der Waals surface area contributed by atoms with E-state index < -0.39 is 35.1 Å². The van der Waals surface area contributed by atoms with Gasteiger partial charge in [-0.05, 0) is 37.7 Å². The number of allylic oxidation sites excluding steroid dienone is 1. The van der Waals surface area contributed by atoms with E-state index in [2.05, 4.69) is 0 Å². The number of cyclic esters (lactones) is 1. The van der Waals surface area contributed by atoms with Gasteiger partial charge in [0.2, 0.25) is 5.78 Å². The number of hydrogen-bond donors (Lipinski definition) is 1. The Hall–Kier alpha value is -2.45. The average molecular weight is 444 g/mol. The summed E-state index contributed by atoms with van der Waals surface area (Å²) in [6.45, 7) is 5.68.